The van der Waals surface area contributed by atoms with E-state index in [9.17, 15) is 0 Å². The fourth-order valence-corrected chi connectivity index (χ4v) is 1.73. The number of aryl methyl sites for hydroxylation is 1. The normalized spacial score (nSPS) is 13.1. The minimum Gasteiger partial charge on any atom is -0.373 e. The number of ether oxygens (including phenoxy) is 1. The Bertz CT molecular complexity index is 339. The summed E-state index contributed by atoms with van der Waals surface area (Å²) >= 11 is 0. The quantitative estimate of drug-likeness (QED) is 0.827. The molecule has 0 saturated carbocycles. The summed E-state index contributed by atoms with van der Waals surface area (Å²) in [6.45, 7) is 6.96. The van der Waals surface area contributed by atoms with Crippen molar-refractivity contribution in [1.29, 1.82) is 0 Å². The second-order valence-corrected chi connectivity index (χ2v) is 4.29. The summed E-state index contributed by atoms with van der Waals surface area (Å²) in [5.74, 6) is 1.15. The van der Waals surface area contributed by atoms with Gasteiger partial charge in [-0.3, -0.25) is 0 Å². The third-order valence-electron chi connectivity index (χ3n) is 2.40. The smallest absolute Gasteiger partial charge is 0.157 e. The minimum atomic E-state index is -0.0319. The predicted octanol–water partition coefficient (Wildman–Crippen LogP) is 1.85. The molecule has 1 unspecified atom stereocenters. The lowest BCUT2D eigenvalue weighted by Crippen LogP contribution is -2.16. The van der Waals surface area contributed by atoms with Crippen molar-refractivity contribution in [2.24, 2.45) is 5.92 Å². The average Bonchev–Trinajstić information content (AvgIpc) is 2.17. The molecule has 1 heterocycles. The van der Waals surface area contributed by atoms with Gasteiger partial charge in [0.2, 0.25) is 0 Å². The standard InChI is InChI=1S/C12H21N3O/c1-8(2)11(16-5)12-14-9(3)6-10(15-12)7-13-4/h6,8,11,13H,7H2,1-5H3. The number of methoxy groups -OCH3 is 1. The van der Waals surface area contributed by atoms with Gasteiger partial charge in [0.1, 0.15) is 6.10 Å². The van der Waals surface area contributed by atoms with Crippen LogP contribution in [-0.2, 0) is 11.3 Å². The topological polar surface area (TPSA) is 47.0 Å². The van der Waals surface area contributed by atoms with E-state index in [1.165, 1.54) is 0 Å². The molecule has 0 amide bonds. The molecular formula is C12H21N3O. The molecule has 0 aliphatic heterocycles. The van der Waals surface area contributed by atoms with Crippen LogP contribution in [0.15, 0.2) is 6.07 Å². The fourth-order valence-electron chi connectivity index (χ4n) is 1.73. The van der Waals surface area contributed by atoms with Gasteiger partial charge in [-0.25, -0.2) is 9.97 Å². The molecule has 0 spiro atoms. The minimum absolute atomic E-state index is 0.0319. The second kappa shape index (κ2) is 5.92. The van der Waals surface area contributed by atoms with Gasteiger partial charge in [-0.05, 0) is 26.0 Å². The monoisotopic (exact) mass is 223 g/mol. The summed E-state index contributed by atoms with van der Waals surface area (Å²) < 4.78 is 5.44. The van der Waals surface area contributed by atoms with Crippen molar-refractivity contribution in [3.05, 3.63) is 23.3 Å². The maximum Gasteiger partial charge on any atom is 0.157 e. The van der Waals surface area contributed by atoms with Gasteiger partial charge in [-0.15, -0.1) is 0 Å². The molecule has 90 valence electrons. The molecule has 0 fully saturated rings. The predicted molar refractivity (Wildman–Crippen MR) is 64.1 cm³/mol. The number of nitrogens with zero attached hydrogens (tertiary/aromatic N) is 2. The third kappa shape index (κ3) is 3.25. The van der Waals surface area contributed by atoms with E-state index < -0.39 is 0 Å². The fraction of sp³-hybridized carbons (Fsp3) is 0.667. The summed E-state index contributed by atoms with van der Waals surface area (Å²) in [5, 5.41) is 3.09. The van der Waals surface area contributed by atoms with Crippen molar-refractivity contribution in [2.45, 2.75) is 33.4 Å². The molecule has 0 aromatic carbocycles. The largest absolute Gasteiger partial charge is 0.373 e. The first-order valence-electron chi connectivity index (χ1n) is 5.60. The molecule has 0 bridgehead atoms. The lowest BCUT2D eigenvalue weighted by Gasteiger charge is -2.18. The zero-order valence-electron chi connectivity index (χ0n) is 10.7. The molecule has 1 atom stereocenters. The van der Waals surface area contributed by atoms with Gasteiger partial charge in [0, 0.05) is 19.3 Å². The van der Waals surface area contributed by atoms with E-state index in [-0.39, 0.29) is 6.10 Å². The summed E-state index contributed by atoms with van der Waals surface area (Å²) in [6.07, 6.45) is -0.0319. The van der Waals surface area contributed by atoms with Crippen molar-refractivity contribution in [3.63, 3.8) is 0 Å². The van der Waals surface area contributed by atoms with Crippen LogP contribution in [0.1, 0.15) is 37.2 Å². The van der Waals surface area contributed by atoms with Gasteiger partial charge in [-0.2, -0.15) is 0 Å². The Kier molecular flexibility index (Phi) is 4.83. The van der Waals surface area contributed by atoms with Gasteiger partial charge < -0.3 is 10.1 Å². The van der Waals surface area contributed by atoms with E-state index in [4.69, 9.17) is 4.74 Å². The lowest BCUT2D eigenvalue weighted by atomic mass is 10.1. The number of nitrogens with one attached hydrogen (secondary N) is 1. The van der Waals surface area contributed by atoms with E-state index in [0.29, 0.717) is 5.92 Å². The maximum absolute atomic E-state index is 5.44. The number of aromatic nitrogens is 2. The van der Waals surface area contributed by atoms with Gasteiger partial charge in [0.25, 0.3) is 0 Å². The van der Waals surface area contributed by atoms with Crippen molar-refractivity contribution in [2.75, 3.05) is 14.2 Å². The summed E-state index contributed by atoms with van der Waals surface area (Å²) in [4.78, 5) is 8.96. The van der Waals surface area contributed by atoms with E-state index >= 15 is 0 Å². The van der Waals surface area contributed by atoms with Gasteiger partial charge in [0.15, 0.2) is 5.82 Å². The summed E-state index contributed by atoms with van der Waals surface area (Å²) in [5.41, 5.74) is 1.99. The molecule has 4 nitrogen and oxygen atoms in total. The Balaban J connectivity index is 3.02. The van der Waals surface area contributed by atoms with Crippen LogP contribution in [0, 0.1) is 12.8 Å². The Morgan fingerprint density at radius 2 is 2.06 bits per heavy atom. The van der Waals surface area contributed by atoms with Gasteiger partial charge in [-0.1, -0.05) is 13.8 Å². The average molecular weight is 223 g/mol. The lowest BCUT2D eigenvalue weighted by molar-refractivity contribution is 0.0571. The van der Waals surface area contributed by atoms with Crippen LogP contribution in [0.3, 0.4) is 0 Å². The summed E-state index contributed by atoms with van der Waals surface area (Å²) in [6, 6.07) is 1.99. The van der Waals surface area contributed by atoms with Crippen molar-refractivity contribution >= 4 is 0 Å². The maximum atomic E-state index is 5.44. The molecule has 0 aliphatic rings. The van der Waals surface area contributed by atoms with E-state index in [1.54, 1.807) is 7.11 Å². The Hall–Kier alpha value is -1.00. The number of rotatable bonds is 5. The van der Waals surface area contributed by atoms with Gasteiger partial charge >= 0.3 is 0 Å². The van der Waals surface area contributed by atoms with Crippen molar-refractivity contribution in [3.8, 4) is 0 Å². The van der Waals surface area contributed by atoms with Crippen molar-refractivity contribution < 1.29 is 4.74 Å². The molecule has 16 heavy (non-hydrogen) atoms. The van der Waals surface area contributed by atoms with E-state index in [0.717, 1.165) is 23.8 Å². The van der Waals surface area contributed by atoms with Crippen LogP contribution < -0.4 is 5.32 Å². The van der Waals surface area contributed by atoms with Crippen molar-refractivity contribution in [1.82, 2.24) is 15.3 Å². The third-order valence-corrected chi connectivity index (χ3v) is 2.40. The van der Waals surface area contributed by atoms with E-state index in [1.807, 2.05) is 20.0 Å². The molecule has 4 heteroatoms. The van der Waals surface area contributed by atoms with Crippen LogP contribution >= 0.6 is 0 Å². The highest BCUT2D eigenvalue weighted by Gasteiger charge is 2.18. The van der Waals surface area contributed by atoms with Crippen LogP contribution in [0.2, 0.25) is 0 Å². The Labute approximate surface area is 97.5 Å². The highest BCUT2D eigenvalue weighted by atomic mass is 16.5. The first-order chi connectivity index (χ1) is 7.58. The molecule has 0 saturated heterocycles. The van der Waals surface area contributed by atoms with E-state index in [2.05, 4.69) is 29.1 Å². The molecular weight excluding hydrogens is 202 g/mol. The molecule has 1 aromatic rings. The zero-order chi connectivity index (χ0) is 12.1. The Morgan fingerprint density at radius 1 is 1.38 bits per heavy atom. The van der Waals surface area contributed by atoms with Crippen LogP contribution in [0.5, 0.6) is 0 Å². The number of hydrogen-bond acceptors (Lipinski definition) is 4. The molecule has 1 N–H and O–H groups in total. The molecule has 1 rings (SSSR count). The second-order valence-electron chi connectivity index (χ2n) is 4.29. The highest BCUT2D eigenvalue weighted by molar-refractivity contribution is 5.11. The van der Waals surface area contributed by atoms with Crippen LogP contribution in [-0.4, -0.2) is 24.1 Å². The van der Waals surface area contributed by atoms with Gasteiger partial charge in [0.05, 0.1) is 5.69 Å². The molecule has 0 radical (unpaired) electrons. The molecule has 0 aliphatic carbocycles. The van der Waals surface area contributed by atoms with Crippen LogP contribution in [0.25, 0.3) is 0 Å². The molecule has 1 aromatic heterocycles. The first-order valence-corrected chi connectivity index (χ1v) is 5.60. The SMILES string of the molecule is CNCc1cc(C)nc(C(OC)C(C)C)n1. The summed E-state index contributed by atoms with van der Waals surface area (Å²) in [7, 11) is 3.61. The number of hydrogen-bond donors (Lipinski definition) is 1. The van der Waals surface area contributed by atoms with Crippen LogP contribution in [0.4, 0.5) is 0 Å². The Morgan fingerprint density at radius 3 is 2.56 bits per heavy atom. The highest BCUT2D eigenvalue weighted by Crippen LogP contribution is 2.22. The first kappa shape index (κ1) is 13.1. The zero-order valence-corrected chi connectivity index (χ0v) is 10.7.